The normalized spacial score (nSPS) is 14.2. The number of fused-ring (bicyclic) bond motifs is 3. The molecule has 0 radical (unpaired) electrons. The fourth-order valence-electron chi connectivity index (χ4n) is 4.64. The van der Waals surface area contributed by atoms with E-state index < -0.39 is 0 Å². The molecule has 6 heteroatoms. The zero-order valence-corrected chi connectivity index (χ0v) is 20.4. The number of aryl methyl sites for hydroxylation is 2. The van der Waals surface area contributed by atoms with E-state index in [1.54, 1.807) is 21.3 Å². The largest absolute Gasteiger partial charge is 0.493 e. The Morgan fingerprint density at radius 2 is 1.56 bits per heavy atom. The smallest absolute Gasteiger partial charge is 0.203 e. The van der Waals surface area contributed by atoms with Crippen molar-refractivity contribution in [2.75, 3.05) is 34.4 Å². The summed E-state index contributed by atoms with van der Waals surface area (Å²) in [6.07, 6.45) is 4.00. The van der Waals surface area contributed by atoms with Crippen LogP contribution in [0.2, 0.25) is 5.02 Å². The second kappa shape index (κ2) is 9.43. The number of nitrogens with zero attached hydrogens (tertiary/aromatic N) is 2. The van der Waals surface area contributed by atoms with Crippen molar-refractivity contribution in [2.45, 2.75) is 12.8 Å². The standard InChI is InChI=1S/C28H27ClN2O3/c1-32-25-14-19(15-26(33-2)27(25)34-3)5-4-18-6-8-20(9-7-18)24-17-21-16-22(29)10-11-23(21)28-30-12-13-31(24)28/h6-11,14-17H,4-5,12-13H2,1-3H3. The van der Waals surface area contributed by atoms with Crippen molar-refractivity contribution < 1.29 is 14.2 Å². The van der Waals surface area contributed by atoms with Gasteiger partial charge in [0.15, 0.2) is 11.5 Å². The number of amidine groups is 1. The third-order valence-corrected chi connectivity index (χ3v) is 6.59. The third-order valence-electron chi connectivity index (χ3n) is 6.35. The first-order chi connectivity index (χ1) is 16.6. The van der Waals surface area contributed by atoms with E-state index >= 15 is 0 Å². The van der Waals surface area contributed by atoms with Crippen LogP contribution in [0.5, 0.6) is 17.2 Å². The van der Waals surface area contributed by atoms with Gasteiger partial charge in [-0.3, -0.25) is 4.99 Å². The molecule has 2 aliphatic rings. The highest BCUT2D eigenvalue weighted by molar-refractivity contribution is 6.31. The van der Waals surface area contributed by atoms with Gasteiger partial charge in [-0.2, -0.15) is 0 Å². The fourth-order valence-corrected chi connectivity index (χ4v) is 4.82. The van der Waals surface area contributed by atoms with Crippen molar-refractivity contribution in [2.24, 2.45) is 4.99 Å². The number of benzene rings is 3. The Kier molecular flexibility index (Phi) is 6.20. The van der Waals surface area contributed by atoms with Crippen molar-refractivity contribution in [3.63, 3.8) is 0 Å². The van der Waals surface area contributed by atoms with Crippen LogP contribution in [-0.4, -0.2) is 45.2 Å². The summed E-state index contributed by atoms with van der Waals surface area (Å²) < 4.78 is 16.4. The molecule has 0 saturated carbocycles. The van der Waals surface area contributed by atoms with Crippen molar-refractivity contribution in [1.29, 1.82) is 0 Å². The van der Waals surface area contributed by atoms with E-state index in [2.05, 4.69) is 41.3 Å². The maximum absolute atomic E-state index is 6.27. The Morgan fingerprint density at radius 1 is 0.853 bits per heavy atom. The van der Waals surface area contributed by atoms with E-state index in [9.17, 15) is 0 Å². The molecule has 0 aliphatic carbocycles. The lowest BCUT2D eigenvalue weighted by Crippen LogP contribution is -2.30. The lowest BCUT2D eigenvalue weighted by atomic mass is 9.96. The van der Waals surface area contributed by atoms with Crippen molar-refractivity contribution in [1.82, 2.24) is 4.90 Å². The van der Waals surface area contributed by atoms with Gasteiger partial charge >= 0.3 is 0 Å². The maximum Gasteiger partial charge on any atom is 0.203 e. The van der Waals surface area contributed by atoms with Crippen molar-refractivity contribution >= 4 is 29.2 Å². The molecular weight excluding hydrogens is 448 g/mol. The molecule has 2 heterocycles. The maximum atomic E-state index is 6.27. The Bertz CT molecular complexity index is 1260. The number of hydrogen-bond acceptors (Lipinski definition) is 5. The second-order valence-corrected chi connectivity index (χ2v) is 8.79. The molecule has 34 heavy (non-hydrogen) atoms. The number of ether oxygens (including phenoxy) is 3. The summed E-state index contributed by atoms with van der Waals surface area (Å²) >= 11 is 6.27. The van der Waals surface area contributed by atoms with E-state index in [0.29, 0.717) is 17.2 Å². The number of aliphatic imine (C=N–C) groups is 1. The highest BCUT2D eigenvalue weighted by Gasteiger charge is 2.28. The molecule has 0 fully saturated rings. The summed E-state index contributed by atoms with van der Waals surface area (Å²) in [4.78, 5) is 7.06. The minimum atomic E-state index is 0.617. The molecule has 0 unspecified atom stereocenters. The zero-order valence-electron chi connectivity index (χ0n) is 19.6. The lowest BCUT2D eigenvalue weighted by Gasteiger charge is -2.29. The lowest BCUT2D eigenvalue weighted by molar-refractivity contribution is 0.324. The van der Waals surface area contributed by atoms with Gasteiger partial charge in [-0.15, -0.1) is 0 Å². The summed E-state index contributed by atoms with van der Waals surface area (Å²) in [6, 6.07) is 18.8. The number of methoxy groups -OCH3 is 3. The Labute approximate surface area is 205 Å². The molecule has 0 amide bonds. The minimum absolute atomic E-state index is 0.617. The van der Waals surface area contributed by atoms with E-state index in [-0.39, 0.29) is 0 Å². The van der Waals surface area contributed by atoms with Crippen LogP contribution in [0, 0.1) is 0 Å². The predicted octanol–water partition coefficient (Wildman–Crippen LogP) is 5.72. The molecule has 174 valence electrons. The number of halogens is 1. The van der Waals surface area contributed by atoms with Gasteiger partial charge in [-0.25, -0.2) is 0 Å². The van der Waals surface area contributed by atoms with Crippen LogP contribution in [-0.2, 0) is 12.8 Å². The number of rotatable bonds is 7. The first kappa shape index (κ1) is 22.4. The van der Waals surface area contributed by atoms with E-state index in [4.69, 9.17) is 30.8 Å². The fraction of sp³-hybridized carbons (Fsp3) is 0.250. The second-order valence-electron chi connectivity index (χ2n) is 8.35. The molecule has 2 aliphatic heterocycles. The van der Waals surface area contributed by atoms with Crippen LogP contribution in [0.1, 0.15) is 27.8 Å². The quantitative estimate of drug-likeness (QED) is 0.439. The van der Waals surface area contributed by atoms with Gasteiger partial charge in [0.2, 0.25) is 5.75 Å². The molecule has 5 rings (SSSR count). The van der Waals surface area contributed by atoms with Crippen molar-refractivity contribution in [3.05, 3.63) is 87.4 Å². The molecule has 0 saturated heterocycles. The number of hydrogen-bond donors (Lipinski definition) is 0. The van der Waals surface area contributed by atoms with Crippen LogP contribution < -0.4 is 14.2 Å². The molecule has 0 aromatic heterocycles. The van der Waals surface area contributed by atoms with Gasteiger partial charge in [0.1, 0.15) is 5.84 Å². The topological polar surface area (TPSA) is 43.3 Å². The van der Waals surface area contributed by atoms with E-state index in [1.165, 1.54) is 16.8 Å². The molecule has 3 aromatic rings. The van der Waals surface area contributed by atoms with Gasteiger partial charge in [0.05, 0.1) is 33.6 Å². The predicted molar refractivity (Wildman–Crippen MR) is 137 cm³/mol. The Balaban J connectivity index is 1.36. The molecule has 5 nitrogen and oxygen atoms in total. The third kappa shape index (κ3) is 4.12. The van der Waals surface area contributed by atoms with Crippen LogP contribution in [0.3, 0.4) is 0 Å². The van der Waals surface area contributed by atoms with Gasteiger partial charge in [0, 0.05) is 17.1 Å². The SMILES string of the molecule is COc1cc(CCc2ccc(C3=Cc4cc(Cl)ccc4C4=NCCN34)cc2)cc(OC)c1OC. The summed E-state index contributed by atoms with van der Waals surface area (Å²) in [7, 11) is 4.90. The summed E-state index contributed by atoms with van der Waals surface area (Å²) in [5, 5.41) is 0.739. The first-order valence-corrected chi connectivity index (χ1v) is 11.7. The highest BCUT2D eigenvalue weighted by Crippen LogP contribution is 2.39. The van der Waals surface area contributed by atoms with Crippen LogP contribution >= 0.6 is 11.6 Å². The molecule has 3 aromatic carbocycles. The first-order valence-electron chi connectivity index (χ1n) is 11.3. The summed E-state index contributed by atoms with van der Waals surface area (Å²) in [5.74, 6) is 3.02. The van der Waals surface area contributed by atoms with Crippen LogP contribution in [0.25, 0.3) is 11.8 Å². The van der Waals surface area contributed by atoms with E-state index in [0.717, 1.165) is 53.5 Å². The molecular formula is C28H27ClN2O3. The van der Waals surface area contributed by atoms with Gasteiger partial charge in [-0.05, 0) is 71.5 Å². The summed E-state index contributed by atoms with van der Waals surface area (Å²) in [5.41, 5.74) is 7.02. The van der Waals surface area contributed by atoms with Crippen LogP contribution in [0.4, 0.5) is 0 Å². The molecule has 0 atom stereocenters. The van der Waals surface area contributed by atoms with Gasteiger partial charge in [0.25, 0.3) is 0 Å². The average Bonchev–Trinajstić information content (AvgIpc) is 3.36. The minimum Gasteiger partial charge on any atom is -0.493 e. The van der Waals surface area contributed by atoms with Crippen molar-refractivity contribution in [3.8, 4) is 17.2 Å². The van der Waals surface area contributed by atoms with E-state index in [1.807, 2.05) is 24.3 Å². The zero-order chi connectivity index (χ0) is 23.7. The van der Waals surface area contributed by atoms with Gasteiger partial charge in [-0.1, -0.05) is 35.9 Å². The monoisotopic (exact) mass is 474 g/mol. The average molecular weight is 475 g/mol. The highest BCUT2D eigenvalue weighted by atomic mass is 35.5. The summed E-state index contributed by atoms with van der Waals surface area (Å²) in [6.45, 7) is 1.70. The Morgan fingerprint density at radius 3 is 2.24 bits per heavy atom. The van der Waals surface area contributed by atoms with Crippen LogP contribution in [0.15, 0.2) is 59.6 Å². The molecule has 0 spiro atoms. The molecule has 0 N–H and O–H groups in total. The molecule has 0 bridgehead atoms. The van der Waals surface area contributed by atoms with Gasteiger partial charge < -0.3 is 19.1 Å². The Hall–Kier alpha value is -3.44.